The molecule has 1 aliphatic heterocycles. The van der Waals surface area contributed by atoms with Gasteiger partial charge in [0.05, 0.1) is 12.6 Å². The summed E-state index contributed by atoms with van der Waals surface area (Å²) >= 11 is 0. The molecule has 1 amide bonds. The molecule has 0 saturated carbocycles. The number of nitrogens with zero attached hydrogens (tertiary/aromatic N) is 2. The maximum Gasteiger partial charge on any atom is 0.412 e. The first-order chi connectivity index (χ1) is 9.07. The van der Waals surface area contributed by atoms with Crippen LogP contribution in [0.15, 0.2) is 0 Å². The van der Waals surface area contributed by atoms with Crippen LogP contribution in [0.1, 0.15) is 48.0 Å². The highest BCUT2D eigenvalue weighted by Crippen LogP contribution is 2.29. The third-order valence-electron chi connectivity index (χ3n) is 3.29. The maximum absolute atomic E-state index is 12.4. The molecule has 0 N–H and O–H groups in total. The maximum atomic E-state index is 12.4. The van der Waals surface area contributed by atoms with Gasteiger partial charge < -0.3 is 14.4 Å². The molecule has 1 rings (SSSR count). The van der Waals surface area contributed by atoms with Crippen LogP contribution in [-0.4, -0.2) is 60.0 Å². The van der Waals surface area contributed by atoms with Crippen molar-refractivity contribution < 1.29 is 14.3 Å². The lowest BCUT2D eigenvalue weighted by Crippen LogP contribution is -2.52. The minimum Gasteiger partial charge on any atom is -0.444 e. The minimum atomic E-state index is -0.611. The van der Waals surface area contributed by atoms with Crippen molar-refractivity contribution in [3.63, 3.8) is 0 Å². The first-order valence-corrected chi connectivity index (χ1v) is 7.41. The minimum absolute atomic E-state index is 0.0383. The predicted molar refractivity (Wildman–Crippen MR) is 79.7 cm³/mol. The number of carbonyl (C=O) groups excluding carboxylic acids is 1. The van der Waals surface area contributed by atoms with Crippen LogP contribution in [0, 0.1) is 0 Å². The fraction of sp³-hybridized carbons (Fsp3) is 0.933. The normalized spacial score (nSPS) is 22.4. The average molecular weight is 286 g/mol. The van der Waals surface area contributed by atoms with Gasteiger partial charge in [-0.15, -0.1) is 0 Å². The summed E-state index contributed by atoms with van der Waals surface area (Å²) in [6.07, 6.45) is 0.801. The van der Waals surface area contributed by atoms with E-state index in [0.29, 0.717) is 6.61 Å². The SMILES string of the molecule is CCCN(C)C[C@@H]1COC(C)(C)N1C(=O)OC(C)(C)C. The summed E-state index contributed by atoms with van der Waals surface area (Å²) in [5.74, 6) is 0. The summed E-state index contributed by atoms with van der Waals surface area (Å²) in [5, 5.41) is 0. The number of likely N-dealkylation sites (N-methyl/N-ethyl adjacent to an activating group) is 1. The number of hydrogen-bond acceptors (Lipinski definition) is 4. The van der Waals surface area contributed by atoms with Gasteiger partial charge in [-0.3, -0.25) is 4.90 Å². The Kier molecular flexibility index (Phi) is 5.44. The third kappa shape index (κ3) is 4.63. The van der Waals surface area contributed by atoms with E-state index in [4.69, 9.17) is 9.47 Å². The molecule has 0 aromatic heterocycles. The van der Waals surface area contributed by atoms with Crippen molar-refractivity contribution in [1.82, 2.24) is 9.80 Å². The van der Waals surface area contributed by atoms with Crippen molar-refractivity contribution in [2.75, 3.05) is 26.7 Å². The second-order valence-corrected chi connectivity index (χ2v) is 7.02. The predicted octanol–water partition coefficient (Wildman–Crippen LogP) is 2.70. The number of amides is 1. The van der Waals surface area contributed by atoms with E-state index in [1.165, 1.54) is 0 Å². The Morgan fingerprint density at radius 3 is 2.55 bits per heavy atom. The number of rotatable bonds is 4. The van der Waals surface area contributed by atoms with Crippen molar-refractivity contribution in [1.29, 1.82) is 0 Å². The summed E-state index contributed by atoms with van der Waals surface area (Å²) < 4.78 is 11.3. The summed E-state index contributed by atoms with van der Waals surface area (Å²) in [6, 6.07) is 0.0383. The monoisotopic (exact) mass is 286 g/mol. The molecule has 5 heteroatoms. The average Bonchev–Trinajstić information content (AvgIpc) is 2.51. The smallest absolute Gasteiger partial charge is 0.412 e. The van der Waals surface area contributed by atoms with Gasteiger partial charge in [-0.1, -0.05) is 6.92 Å². The summed E-state index contributed by atoms with van der Waals surface area (Å²) in [6.45, 7) is 14.0. The van der Waals surface area contributed by atoms with Gasteiger partial charge in [0.15, 0.2) is 0 Å². The first kappa shape index (κ1) is 17.2. The van der Waals surface area contributed by atoms with Gasteiger partial charge in [-0.2, -0.15) is 0 Å². The van der Waals surface area contributed by atoms with Gasteiger partial charge in [0, 0.05) is 6.54 Å². The van der Waals surface area contributed by atoms with E-state index < -0.39 is 11.3 Å². The van der Waals surface area contributed by atoms with Crippen molar-refractivity contribution in [3.05, 3.63) is 0 Å². The van der Waals surface area contributed by atoms with E-state index in [9.17, 15) is 4.79 Å². The number of ether oxygens (including phenoxy) is 2. The van der Waals surface area contributed by atoms with Gasteiger partial charge in [0.25, 0.3) is 0 Å². The Hall–Kier alpha value is -0.810. The summed E-state index contributed by atoms with van der Waals surface area (Å²) in [4.78, 5) is 16.4. The lowest BCUT2D eigenvalue weighted by Gasteiger charge is -2.36. The van der Waals surface area contributed by atoms with Crippen LogP contribution in [0.25, 0.3) is 0 Å². The second-order valence-electron chi connectivity index (χ2n) is 7.02. The molecule has 1 fully saturated rings. The highest BCUT2D eigenvalue weighted by Gasteiger charge is 2.45. The van der Waals surface area contributed by atoms with Crippen LogP contribution in [0.3, 0.4) is 0 Å². The zero-order chi connectivity index (χ0) is 15.6. The molecule has 0 bridgehead atoms. The van der Waals surface area contributed by atoms with Gasteiger partial charge >= 0.3 is 6.09 Å². The van der Waals surface area contributed by atoms with E-state index in [2.05, 4.69) is 18.9 Å². The molecular formula is C15H30N2O3. The number of hydrogen-bond donors (Lipinski definition) is 0. The molecule has 0 unspecified atom stereocenters. The molecule has 1 atom stereocenters. The summed E-state index contributed by atoms with van der Waals surface area (Å²) in [7, 11) is 2.07. The molecule has 0 spiro atoms. The molecule has 1 heterocycles. The molecular weight excluding hydrogens is 256 g/mol. The van der Waals surface area contributed by atoms with Crippen molar-refractivity contribution in [2.45, 2.75) is 65.3 Å². The third-order valence-corrected chi connectivity index (χ3v) is 3.29. The molecule has 20 heavy (non-hydrogen) atoms. The Labute approximate surface area is 123 Å². The van der Waals surface area contributed by atoms with Gasteiger partial charge in [0.1, 0.15) is 11.3 Å². The van der Waals surface area contributed by atoms with Crippen LogP contribution in [0.2, 0.25) is 0 Å². The lowest BCUT2D eigenvalue weighted by molar-refractivity contribution is -0.0631. The zero-order valence-electron chi connectivity index (χ0n) is 14.0. The Balaban J connectivity index is 2.77. The fourth-order valence-electron chi connectivity index (χ4n) is 2.53. The molecule has 0 aromatic rings. The molecule has 0 radical (unpaired) electrons. The molecule has 0 aliphatic carbocycles. The largest absolute Gasteiger partial charge is 0.444 e. The van der Waals surface area contributed by atoms with E-state index in [1.807, 2.05) is 34.6 Å². The topological polar surface area (TPSA) is 42.0 Å². The molecule has 1 saturated heterocycles. The first-order valence-electron chi connectivity index (χ1n) is 7.41. The summed E-state index contributed by atoms with van der Waals surface area (Å²) in [5.41, 5.74) is -1.10. The zero-order valence-corrected chi connectivity index (χ0v) is 14.0. The van der Waals surface area contributed by atoms with Crippen LogP contribution < -0.4 is 0 Å². The van der Waals surface area contributed by atoms with Gasteiger partial charge in [-0.25, -0.2) is 4.79 Å². The van der Waals surface area contributed by atoms with E-state index >= 15 is 0 Å². The molecule has 5 nitrogen and oxygen atoms in total. The number of carbonyl (C=O) groups is 1. The van der Waals surface area contributed by atoms with Crippen molar-refractivity contribution in [3.8, 4) is 0 Å². The quantitative estimate of drug-likeness (QED) is 0.797. The van der Waals surface area contributed by atoms with E-state index in [-0.39, 0.29) is 12.1 Å². The lowest BCUT2D eigenvalue weighted by atomic mass is 10.2. The van der Waals surface area contributed by atoms with Crippen LogP contribution in [0.5, 0.6) is 0 Å². The van der Waals surface area contributed by atoms with Gasteiger partial charge in [-0.05, 0) is 54.6 Å². The fourth-order valence-corrected chi connectivity index (χ4v) is 2.53. The highest BCUT2D eigenvalue weighted by molar-refractivity contribution is 5.69. The van der Waals surface area contributed by atoms with Crippen LogP contribution >= 0.6 is 0 Å². The Bertz CT molecular complexity index is 337. The molecule has 1 aliphatic rings. The van der Waals surface area contributed by atoms with Crippen LogP contribution in [-0.2, 0) is 9.47 Å². The highest BCUT2D eigenvalue weighted by atomic mass is 16.6. The van der Waals surface area contributed by atoms with Gasteiger partial charge in [0.2, 0.25) is 0 Å². The second kappa shape index (κ2) is 6.31. The van der Waals surface area contributed by atoms with Crippen molar-refractivity contribution >= 4 is 6.09 Å². The molecule has 118 valence electrons. The Morgan fingerprint density at radius 2 is 2.05 bits per heavy atom. The van der Waals surface area contributed by atoms with Crippen LogP contribution in [0.4, 0.5) is 4.79 Å². The van der Waals surface area contributed by atoms with E-state index in [0.717, 1.165) is 19.5 Å². The Morgan fingerprint density at radius 1 is 1.45 bits per heavy atom. The molecule has 0 aromatic carbocycles. The van der Waals surface area contributed by atoms with Crippen molar-refractivity contribution in [2.24, 2.45) is 0 Å². The standard InChI is InChI=1S/C15H30N2O3/c1-8-9-16(7)10-12-11-19-15(5,6)17(12)13(18)20-14(2,3)4/h12H,8-11H2,1-7H3/t12-/m1/s1. The van der Waals surface area contributed by atoms with E-state index in [1.54, 1.807) is 4.90 Å².